The fraction of sp³-hybridized carbons (Fsp3) is 0.417. The first-order valence-corrected chi connectivity index (χ1v) is 7.14. The van der Waals surface area contributed by atoms with Gasteiger partial charge >= 0.3 is 0 Å². The van der Waals surface area contributed by atoms with Crippen LogP contribution in [0.1, 0.15) is 15.9 Å². The number of amides is 1. The van der Waals surface area contributed by atoms with E-state index in [1.807, 2.05) is 0 Å². The summed E-state index contributed by atoms with van der Waals surface area (Å²) in [5.41, 5.74) is 0.434. The molecule has 0 radical (unpaired) electrons. The molecule has 2 rings (SSSR count). The number of halogens is 1. The Bertz CT molecular complexity index is 482. The van der Waals surface area contributed by atoms with Crippen molar-refractivity contribution in [1.82, 2.24) is 4.90 Å². The minimum atomic E-state index is -0.844. The number of hydrogen-bond acceptors (Lipinski definition) is 3. The van der Waals surface area contributed by atoms with Crippen LogP contribution >= 0.6 is 0 Å². The average molecular weight is 271 g/mol. The summed E-state index contributed by atoms with van der Waals surface area (Å²) in [5, 5.41) is 8.86. The lowest BCUT2D eigenvalue weighted by molar-refractivity contribution is 0.0770. The molecule has 1 aliphatic rings. The van der Waals surface area contributed by atoms with Crippen LogP contribution < -0.4 is 0 Å². The lowest BCUT2D eigenvalue weighted by Gasteiger charge is -2.26. The monoisotopic (exact) mass is 271 g/mol. The molecule has 0 aliphatic carbocycles. The zero-order valence-corrected chi connectivity index (χ0v) is 10.6. The molecule has 0 spiro atoms. The Kier molecular flexibility index (Phi) is 4.08. The van der Waals surface area contributed by atoms with E-state index in [2.05, 4.69) is 0 Å². The summed E-state index contributed by atoms with van der Waals surface area (Å²) in [7, 11) is -0.844. The van der Waals surface area contributed by atoms with Gasteiger partial charge in [0.25, 0.3) is 5.91 Å². The third kappa shape index (κ3) is 2.76. The summed E-state index contributed by atoms with van der Waals surface area (Å²) in [6.45, 7) is 0.493. The molecule has 98 valence electrons. The van der Waals surface area contributed by atoms with Gasteiger partial charge in [-0.25, -0.2) is 4.39 Å². The van der Waals surface area contributed by atoms with Gasteiger partial charge in [-0.15, -0.1) is 0 Å². The highest BCUT2D eigenvalue weighted by molar-refractivity contribution is 7.85. The molecular weight excluding hydrogens is 257 g/mol. The van der Waals surface area contributed by atoms with Crippen LogP contribution in [0.4, 0.5) is 4.39 Å². The Morgan fingerprint density at radius 2 is 2.06 bits per heavy atom. The smallest absolute Gasteiger partial charge is 0.254 e. The second-order valence-electron chi connectivity index (χ2n) is 4.10. The SMILES string of the molecule is O=C(c1ccc(CO)c(F)c1)N1CCS(=O)CC1. The van der Waals surface area contributed by atoms with Gasteiger partial charge in [0.05, 0.1) is 6.61 Å². The molecule has 0 aromatic heterocycles. The molecule has 1 aromatic carbocycles. The molecule has 1 N–H and O–H groups in total. The topological polar surface area (TPSA) is 57.6 Å². The van der Waals surface area contributed by atoms with Crippen molar-refractivity contribution >= 4 is 16.7 Å². The molecule has 0 unspecified atom stereocenters. The summed E-state index contributed by atoms with van der Waals surface area (Å²) in [6.07, 6.45) is 0. The van der Waals surface area contributed by atoms with Crippen molar-refractivity contribution in [2.45, 2.75) is 6.61 Å². The lowest BCUT2D eigenvalue weighted by Crippen LogP contribution is -2.41. The summed E-state index contributed by atoms with van der Waals surface area (Å²) in [4.78, 5) is 13.6. The average Bonchev–Trinajstić information content (AvgIpc) is 2.38. The van der Waals surface area contributed by atoms with Gasteiger partial charge in [-0.3, -0.25) is 9.00 Å². The van der Waals surface area contributed by atoms with Gasteiger partial charge in [0.1, 0.15) is 5.82 Å². The molecule has 1 aliphatic heterocycles. The number of hydrogen-bond donors (Lipinski definition) is 1. The van der Waals surface area contributed by atoms with Crippen LogP contribution in [0.2, 0.25) is 0 Å². The first kappa shape index (κ1) is 13.2. The summed E-state index contributed by atoms with van der Waals surface area (Å²) in [6, 6.07) is 4.05. The van der Waals surface area contributed by atoms with Gasteiger partial charge in [-0.1, -0.05) is 6.07 Å². The molecule has 1 aromatic rings. The summed E-state index contributed by atoms with van der Waals surface area (Å²) < 4.78 is 24.7. The minimum absolute atomic E-state index is 0.172. The lowest BCUT2D eigenvalue weighted by atomic mass is 10.1. The largest absolute Gasteiger partial charge is 0.392 e. The third-order valence-electron chi connectivity index (χ3n) is 2.94. The Balaban J connectivity index is 2.13. The van der Waals surface area contributed by atoms with Gasteiger partial charge in [-0.2, -0.15) is 0 Å². The maximum atomic E-state index is 13.5. The van der Waals surface area contributed by atoms with Crippen molar-refractivity contribution in [2.24, 2.45) is 0 Å². The zero-order chi connectivity index (χ0) is 13.1. The van der Waals surface area contributed by atoms with E-state index < -0.39 is 16.6 Å². The molecule has 1 saturated heterocycles. The maximum absolute atomic E-state index is 13.5. The number of aliphatic hydroxyl groups excluding tert-OH is 1. The minimum Gasteiger partial charge on any atom is -0.392 e. The van der Waals surface area contributed by atoms with E-state index >= 15 is 0 Å². The number of aliphatic hydroxyl groups is 1. The molecule has 0 atom stereocenters. The Morgan fingerprint density at radius 3 is 2.61 bits per heavy atom. The Labute approximate surface area is 107 Å². The van der Waals surface area contributed by atoms with E-state index in [-0.39, 0.29) is 23.6 Å². The van der Waals surface area contributed by atoms with Crippen LogP contribution in [0.15, 0.2) is 18.2 Å². The van der Waals surface area contributed by atoms with Gasteiger partial charge in [0.2, 0.25) is 0 Å². The van der Waals surface area contributed by atoms with E-state index in [9.17, 15) is 13.4 Å². The Hall–Kier alpha value is -1.27. The van der Waals surface area contributed by atoms with E-state index in [0.717, 1.165) is 6.07 Å². The highest BCUT2D eigenvalue weighted by atomic mass is 32.2. The highest BCUT2D eigenvalue weighted by Crippen LogP contribution is 2.13. The van der Waals surface area contributed by atoms with Gasteiger partial charge in [-0.05, 0) is 12.1 Å². The van der Waals surface area contributed by atoms with Crippen LogP contribution in [-0.2, 0) is 17.4 Å². The fourth-order valence-electron chi connectivity index (χ4n) is 1.83. The standard InChI is InChI=1S/C12H14FNO3S/c13-11-7-9(1-2-10(11)8-15)12(16)14-3-5-18(17)6-4-14/h1-2,7,15H,3-6,8H2. The second-order valence-corrected chi connectivity index (χ2v) is 5.80. The number of carbonyl (C=O) groups is 1. The number of nitrogens with zero attached hydrogens (tertiary/aromatic N) is 1. The number of rotatable bonds is 2. The van der Waals surface area contributed by atoms with Crippen LogP contribution in [-0.4, -0.2) is 44.7 Å². The number of carbonyl (C=O) groups excluding carboxylic acids is 1. The summed E-state index contributed by atoms with van der Waals surface area (Å²) >= 11 is 0. The van der Waals surface area contributed by atoms with Crippen molar-refractivity contribution in [2.75, 3.05) is 24.6 Å². The normalized spacial score (nSPS) is 16.9. The van der Waals surface area contributed by atoms with Crippen molar-refractivity contribution in [3.05, 3.63) is 35.1 Å². The quantitative estimate of drug-likeness (QED) is 0.853. The van der Waals surface area contributed by atoms with Crippen LogP contribution in [0.5, 0.6) is 0 Å². The van der Waals surface area contributed by atoms with Crippen molar-refractivity contribution in [1.29, 1.82) is 0 Å². The molecule has 18 heavy (non-hydrogen) atoms. The van der Waals surface area contributed by atoms with E-state index in [1.54, 1.807) is 4.90 Å². The van der Waals surface area contributed by atoms with E-state index in [4.69, 9.17) is 5.11 Å². The first-order valence-electron chi connectivity index (χ1n) is 5.65. The molecule has 6 heteroatoms. The molecule has 1 fully saturated rings. The second kappa shape index (κ2) is 5.58. The number of benzene rings is 1. The van der Waals surface area contributed by atoms with Crippen molar-refractivity contribution in [3.8, 4) is 0 Å². The Morgan fingerprint density at radius 1 is 1.39 bits per heavy atom. The van der Waals surface area contributed by atoms with Crippen LogP contribution in [0.3, 0.4) is 0 Å². The van der Waals surface area contributed by atoms with Gasteiger partial charge in [0.15, 0.2) is 0 Å². The van der Waals surface area contributed by atoms with Crippen LogP contribution in [0.25, 0.3) is 0 Å². The van der Waals surface area contributed by atoms with Crippen molar-refractivity contribution < 1.29 is 18.5 Å². The van der Waals surface area contributed by atoms with Gasteiger partial charge < -0.3 is 10.0 Å². The maximum Gasteiger partial charge on any atom is 0.254 e. The van der Waals surface area contributed by atoms with Crippen molar-refractivity contribution in [3.63, 3.8) is 0 Å². The van der Waals surface area contributed by atoms with Crippen LogP contribution in [0, 0.1) is 5.82 Å². The zero-order valence-electron chi connectivity index (χ0n) is 9.76. The fourth-order valence-corrected chi connectivity index (χ4v) is 2.88. The van der Waals surface area contributed by atoms with E-state index in [0.29, 0.717) is 24.6 Å². The predicted octanol–water partition coefficient (Wildman–Crippen LogP) is 0.522. The van der Waals surface area contributed by atoms with E-state index in [1.165, 1.54) is 12.1 Å². The molecule has 1 amide bonds. The highest BCUT2D eigenvalue weighted by Gasteiger charge is 2.21. The molecular formula is C12H14FNO3S. The molecule has 4 nitrogen and oxygen atoms in total. The van der Waals surface area contributed by atoms with Gasteiger partial charge in [0, 0.05) is 46.5 Å². The molecule has 0 saturated carbocycles. The third-order valence-corrected chi connectivity index (χ3v) is 4.21. The molecule has 1 heterocycles. The predicted molar refractivity (Wildman–Crippen MR) is 66.1 cm³/mol. The molecule has 0 bridgehead atoms. The summed E-state index contributed by atoms with van der Waals surface area (Å²) in [5.74, 6) is 0.116. The first-order chi connectivity index (χ1) is 8.61.